The summed E-state index contributed by atoms with van der Waals surface area (Å²) in [6.07, 6.45) is 0. The van der Waals surface area contributed by atoms with E-state index in [4.69, 9.17) is 23.8 Å². The molecule has 3 heterocycles. The SMILES string of the molecule is c1ccc(-c2nc(-c3cccc(-c4cccc5oc6ccc(-c7ccccc7-c7ccccc7)cc6c45)c3)nc(-c3ccc4oc5ccccc5c4c3)n2)cc1. The first-order chi connectivity index (χ1) is 27.7. The highest BCUT2D eigenvalue weighted by Gasteiger charge is 2.18. The first kappa shape index (κ1) is 31.9. The minimum atomic E-state index is 0.594. The van der Waals surface area contributed by atoms with Crippen LogP contribution in [0.2, 0.25) is 0 Å². The van der Waals surface area contributed by atoms with Gasteiger partial charge in [0, 0.05) is 38.2 Å². The number of hydrogen-bond acceptors (Lipinski definition) is 5. The average Bonchev–Trinajstić information content (AvgIpc) is 3.85. The Morgan fingerprint density at radius 3 is 1.52 bits per heavy atom. The molecule has 0 atom stereocenters. The number of hydrogen-bond donors (Lipinski definition) is 0. The van der Waals surface area contributed by atoms with Crippen LogP contribution in [0.1, 0.15) is 0 Å². The van der Waals surface area contributed by atoms with Gasteiger partial charge in [-0.25, -0.2) is 15.0 Å². The van der Waals surface area contributed by atoms with Crippen molar-refractivity contribution in [2.24, 2.45) is 0 Å². The summed E-state index contributed by atoms with van der Waals surface area (Å²) in [7, 11) is 0. The maximum absolute atomic E-state index is 6.48. The third-order valence-electron chi connectivity index (χ3n) is 10.6. The maximum Gasteiger partial charge on any atom is 0.164 e. The number of rotatable bonds is 6. The fraction of sp³-hybridized carbons (Fsp3) is 0. The van der Waals surface area contributed by atoms with Crippen LogP contribution < -0.4 is 0 Å². The molecule has 0 amide bonds. The number of fused-ring (bicyclic) bond motifs is 6. The normalized spacial score (nSPS) is 11.6. The van der Waals surface area contributed by atoms with Gasteiger partial charge in [0.25, 0.3) is 0 Å². The standard InChI is InChI=1S/C51H31N3O2/c1-3-13-32(14-4-1)38-19-7-8-20-39(38)35-25-27-46-43(30-35)48-40(22-12-24-47(48)56-46)34-17-11-18-36(29-34)50-52-49(33-15-5-2-6-16-33)53-51(54-50)37-26-28-45-42(31-37)41-21-9-10-23-44(41)55-45/h1-31H. The summed E-state index contributed by atoms with van der Waals surface area (Å²) in [5.74, 6) is 1.80. The monoisotopic (exact) mass is 717 g/mol. The Labute approximate surface area is 322 Å². The smallest absolute Gasteiger partial charge is 0.164 e. The van der Waals surface area contributed by atoms with Gasteiger partial charge < -0.3 is 8.83 Å². The van der Waals surface area contributed by atoms with Crippen molar-refractivity contribution in [1.82, 2.24) is 15.0 Å². The van der Waals surface area contributed by atoms with Gasteiger partial charge in [-0.1, -0.05) is 140 Å². The lowest BCUT2D eigenvalue weighted by molar-refractivity contribution is 0.668. The predicted octanol–water partition coefficient (Wildman–Crippen LogP) is 13.7. The third-order valence-corrected chi connectivity index (χ3v) is 10.6. The molecule has 0 saturated carbocycles. The van der Waals surface area contributed by atoms with E-state index < -0.39 is 0 Å². The Morgan fingerprint density at radius 2 is 0.732 bits per heavy atom. The zero-order valence-corrected chi connectivity index (χ0v) is 30.1. The van der Waals surface area contributed by atoms with Crippen LogP contribution in [0.5, 0.6) is 0 Å². The molecule has 262 valence electrons. The Kier molecular flexibility index (Phi) is 7.42. The largest absolute Gasteiger partial charge is 0.456 e. The van der Waals surface area contributed by atoms with Crippen LogP contribution in [0.3, 0.4) is 0 Å². The molecule has 11 aromatic rings. The van der Waals surface area contributed by atoms with Gasteiger partial charge in [-0.2, -0.15) is 0 Å². The molecule has 0 bridgehead atoms. The Bertz CT molecular complexity index is 3250. The second-order valence-corrected chi connectivity index (χ2v) is 14.0. The molecule has 0 aliphatic carbocycles. The first-order valence-electron chi connectivity index (χ1n) is 18.7. The van der Waals surface area contributed by atoms with Crippen molar-refractivity contribution < 1.29 is 8.83 Å². The van der Waals surface area contributed by atoms with Gasteiger partial charge in [0.2, 0.25) is 0 Å². The van der Waals surface area contributed by atoms with E-state index in [2.05, 4.69) is 121 Å². The van der Waals surface area contributed by atoms with Crippen LogP contribution in [0, 0.1) is 0 Å². The van der Waals surface area contributed by atoms with Crippen molar-refractivity contribution in [1.29, 1.82) is 0 Å². The molecule has 56 heavy (non-hydrogen) atoms. The van der Waals surface area contributed by atoms with E-state index in [1.165, 1.54) is 16.7 Å². The molecule has 0 N–H and O–H groups in total. The summed E-state index contributed by atoms with van der Waals surface area (Å²) < 4.78 is 12.6. The first-order valence-corrected chi connectivity index (χ1v) is 18.7. The van der Waals surface area contributed by atoms with Gasteiger partial charge in [0.1, 0.15) is 22.3 Å². The summed E-state index contributed by atoms with van der Waals surface area (Å²) in [5.41, 5.74) is 12.9. The molecule has 8 aromatic carbocycles. The van der Waals surface area contributed by atoms with Gasteiger partial charge in [0.05, 0.1) is 0 Å². The number of aromatic nitrogens is 3. The topological polar surface area (TPSA) is 65.0 Å². The van der Waals surface area contributed by atoms with E-state index in [-0.39, 0.29) is 0 Å². The Hall–Kier alpha value is -7.63. The van der Waals surface area contributed by atoms with E-state index >= 15 is 0 Å². The number of benzene rings is 8. The highest BCUT2D eigenvalue weighted by atomic mass is 16.3. The van der Waals surface area contributed by atoms with E-state index in [1.54, 1.807) is 0 Å². The zero-order valence-electron chi connectivity index (χ0n) is 30.1. The van der Waals surface area contributed by atoms with Gasteiger partial charge in [-0.15, -0.1) is 0 Å². The molecule has 11 rings (SSSR count). The fourth-order valence-electron chi connectivity index (χ4n) is 7.88. The van der Waals surface area contributed by atoms with Crippen molar-refractivity contribution >= 4 is 43.9 Å². The number of nitrogens with zero attached hydrogens (tertiary/aromatic N) is 3. The van der Waals surface area contributed by atoms with Crippen LogP contribution in [0.15, 0.2) is 197 Å². The predicted molar refractivity (Wildman–Crippen MR) is 227 cm³/mol. The molecule has 3 aromatic heterocycles. The molecule has 5 nitrogen and oxygen atoms in total. The van der Waals surface area contributed by atoms with Crippen LogP contribution in [0.4, 0.5) is 0 Å². The Balaban J connectivity index is 1.05. The molecule has 0 unspecified atom stereocenters. The lowest BCUT2D eigenvalue weighted by Gasteiger charge is -2.11. The quantitative estimate of drug-likeness (QED) is 0.171. The van der Waals surface area contributed by atoms with Crippen molar-refractivity contribution in [2.75, 3.05) is 0 Å². The number of para-hydroxylation sites is 1. The fourth-order valence-corrected chi connectivity index (χ4v) is 7.88. The van der Waals surface area contributed by atoms with Crippen molar-refractivity contribution in [3.8, 4) is 67.5 Å². The third kappa shape index (κ3) is 5.45. The van der Waals surface area contributed by atoms with Gasteiger partial charge >= 0.3 is 0 Å². The second-order valence-electron chi connectivity index (χ2n) is 14.0. The molecule has 0 saturated heterocycles. The summed E-state index contributed by atoms with van der Waals surface area (Å²) >= 11 is 0. The van der Waals surface area contributed by atoms with E-state index in [0.717, 1.165) is 77.3 Å². The summed E-state index contributed by atoms with van der Waals surface area (Å²) in [6, 6.07) is 64.7. The van der Waals surface area contributed by atoms with E-state index in [0.29, 0.717) is 17.5 Å². The minimum Gasteiger partial charge on any atom is -0.456 e. The molecular formula is C51H31N3O2. The van der Waals surface area contributed by atoms with Crippen molar-refractivity contribution in [2.45, 2.75) is 0 Å². The summed E-state index contributed by atoms with van der Waals surface area (Å²) in [4.78, 5) is 15.2. The van der Waals surface area contributed by atoms with Crippen LogP contribution >= 0.6 is 0 Å². The highest BCUT2D eigenvalue weighted by molar-refractivity contribution is 6.13. The van der Waals surface area contributed by atoms with Crippen LogP contribution in [-0.4, -0.2) is 15.0 Å². The molecular weight excluding hydrogens is 687 g/mol. The van der Waals surface area contributed by atoms with Crippen LogP contribution in [0.25, 0.3) is 111 Å². The van der Waals surface area contributed by atoms with Crippen molar-refractivity contribution in [3.05, 3.63) is 188 Å². The van der Waals surface area contributed by atoms with E-state index in [1.807, 2.05) is 66.7 Å². The van der Waals surface area contributed by atoms with Gasteiger partial charge in [0.15, 0.2) is 17.5 Å². The summed E-state index contributed by atoms with van der Waals surface area (Å²) in [5, 5.41) is 4.22. The lowest BCUT2D eigenvalue weighted by atomic mass is 9.93. The van der Waals surface area contributed by atoms with Gasteiger partial charge in [-0.3, -0.25) is 0 Å². The molecule has 0 spiro atoms. The van der Waals surface area contributed by atoms with E-state index in [9.17, 15) is 0 Å². The summed E-state index contributed by atoms with van der Waals surface area (Å²) in [6.45, 7) is 0. The molecule has 5 heteroatoms. The molecule has 0 aliphatic heterocycles. The number of furan rings is 2. The average molecular weight is 718 g/mol. The lowest BCUT2D eigenvalue weighted by Crippen LogP contribution is -2.00. The minimum absolute atomic E-state index is 0.594. The van der Waals surface area contributed by atoms with Crippen molar-refractivity contribution in [3.63, 3.8) is 0 Å². The molecule has 0 aliphatic rings. The molecule has 0 radical (unpaired) electrons. The second kappa shape index (κ2) is 13.0. The zero-order chi connectivity index (χ0) is 37.0. The molecule has 0 fully saturated rings. The highest BCUT2D eigenvalue weighted by Crippen LogP contribution is 2.41. The van der Waals surface area contributed by atoms with Crippen LogP contribution in [-0.2, 0) is 0 Å². The Morgan fingerprint density at radius 1 is 0.268 bits per heavy atom. The maximum atomic E-state index is 6.48. The van der Waals surface area contributed by atoms with Gasteiger partial charge in [-0.05, 0) is 81.9 Å².